The summed E-state index contributed by atoms with van der Waals surface area (Å²) in [5, 5.41) is 15.4. The Kier molecular flexibility index (Phi) is 4.07. The highest BCUT2D eigenvalue weighted by Crippen LogP contribution is 2.33. The Balaban J connectivity index is 1.77. The standard InChI is InChI=1S/C20H19N5O3/c26-19-17-15(14-4-2-1-3-5-14)12-16-21-6-7-24(16)18(17)20(27)25(22-19)13-23-8-10-28-11-9-23/h1-7,12H,8-11,13H2,(H,22,26). The predicted octanol–water partition coefficient (Wildman–Crippen LogP) is 1.71. The van der Waals surface area contributed by atoms with Crippen molar-refractivity contribution in [1.82, 2.24) is 24.1 Å². The maximum absolute atomic E-state index is 13.3. The SMILES string of the molecule is O=c1c2c(c(-c3ccccc3)cc3nccn32)c(O)nn1CN1CCOCC1. The van der Waals surface area contributed by atoms with Gasteiger partial charge in [0.2, 0.25) is 5.88 Å². The number of imidazole rings is 1. The van der Waals surface area contributed by atoms with Crippen LogP contribution in [0, 0.1) is 0 Å². The summed E-state index contributed by atoms with van der Waals surface area (Å²) < 4.78 is 8.39. The van der Waals surface area contributed by atoms with E-state index in [-0.39, 0.29) is 11.4 Å². The van der Waals surface area contributed by atoms with Crippen LogP contribution in [0.15, 0.2) is 53.6 Å². The number of aromatic hydroxyl groups is 1. The Morgan fingerprint density at radius 2 is 1.93 bits per heavy atom. The number of aromatic nitrogens is 4. The molecule has 4 heterocycles. The summed E-state index contributed by atoms with van der Waals surface area (Å²) in [5.41, 5.74) is 2.37. The first kappa shape index (κ1) is 16.9. The number of fused-ring (bicyclic) bond motifs is 3. The van der Waals surface area contributed by atoms with E-state index in [4.69, 9.17) is 4.74 Å². The van der Waals surface area contributed by atoms with Crippen LogP contribution >= 0.6 is 0 Å². The Labute approximate surface area is 160 Å². The normalized spacial score (nSPS) is 15.4. The number of benzene rings is 1. The molecule has 1 saturated heterocycles. The van der Waals surface area contributed by atoms with Crippen molar-refractivity contribution in [3.8, 4) is 17.0 Å². The van der Waals surface area contributed by atoms with Gasteiger partial charge in [0.25, 0.3) is 5.56 Å². The molecular weight excluding hydrogens is 358 g/mol. The van der Waals surface area contributed by atoms with Gasteiger partial charge in [0.15, 0.2) is 0 Å². The fraction of sp³-hybridized carbons (Fsp3) is 0.250. The molecule has 1 aromatic carbocycles. The summed E-state index contributed by atoms with van der Waals surface area (Å²) in [5.74, 6) is -0.169. The van der Waals surface area contributed by atoms with Gasteiger partial charge in [0.1, 0.15) is 11.2 Å². The lowest BCUT2D eigenvalue weighted by atomic mass is 10.0. The van der Waals surface area contributed by atoms with Crippen molar-refractivity contribution in [1.29, 1.82) is 0 Å². The molecule has 0 radical (unpaired) electrons. The quantitative estimate of drug-likeness (QED) is 0.585. The topological polar surface area (TPSA) is 84.9 Å². The van der Waals surface area contributed by atoms with Gasteiger partial charge in [-0.1, -0.05) is 30.3 Å². The van der Waals surface area contributed by atoms with E-state index < -0.39 is 0 Å². The average Bonchev–Trinajstić information content (AvgIpc) is 3.20. The lowest BCUT2D eigenvalue weighted by molar-refractivity contribution is 0.0203. The molecule has 0 bridgehead atoms. The number of morpholine rings is 1. The molecule has 0 amide bonds. The first-order valence-corrected chi connectivity index (χ1v) is 9.18. The zero-order valence-corrected chi connectivity index (χ0v) is 15.2. The first-order valence-electron chi connectivity index (χ1n) is 9.18. The minimum Gasteiger partial charge on any atom is -0.492 e. The van der Waals surface area contributed by atoms with Crippen LogP contribution < -0.4 is 5.56 Å². The third-order valence-electron chi connectivity index (χ3n) is 5.09. The number of pyridine rings is 1. The van der Waals surface area contributed by atoms with E-state index in [1.807, 2.05) is 36.4 Å². The fourth-order valence-corrected chi connectivity index (χ4v) is 3.70. The second-order valence-corrected chi connectivity index (χ2v) is 6.80. The molecule has 0 atom stereocenters. The summed E-state index contributed by atoms with van der Waals surface area (Å²) in [7, 11) is 0. The maximum Gasteiger partial charge on any atom is 0.293 e. The van der Waals surface area contributed by atoms with Crippen LogP contribution in [-0.2, 0) is 11.4 Å². The first-order chi connectivity index (χ1) is 13.7. The van der Waals surface area contributed by atoms with Gasteiger partial charge in [-0.05, 0) is 11.6 Å². The molecule has 1 aliphatic heterocycles. The molecule has 4 aromatic rings. The van der Waals surface area contributed by atoms with Gasteiger partial charge >= 0.3 is 0 Å². The second-order valence-electron chi connectivity index (χ2n) is 6.80. The third kappa shape index (κ3) is 2.74. The lowest BCUT2D eigenvalue weighted by Crippen LogP contribution is -2.41. The van der Waals surface area contributed by atoms with Crippen molar-refractivity contribution in [3.63, 3.8) is 0 Å². The Hall–Kier alpha value is -3.23. The van der Waals surface area contributed by atoms with Crippen molar-refractivity contribution in [2.75, 3.05) is 26.3 Å². The van der Waals surface area contributed by atoms with Crippen molar-refractivity contribution < 1.29 is 9.84 Å². The molecule has 142 valence electrons. The molecule has 0 spiro atoms. The predicted molar refractivity (Wildman–Crippen MR) is 104 cm³/mol. The van der Waals surface area contributed by atoms with E-state index in [1.165, 1.54) is 4.68 Å². The number of rotatable bonds is 3. The summed E-state index contributed by atoms with van der Waals surface area (Å²) in [6.07, 6.45) is 3.37. The molecule has 8 nitrogen and oxygen atoms in total. The van der Waals surface area contributed by atoms with Crippen molar-refractivity contribution in [3.05, 3.63) is 59.1 Å². The van der Waals surface area contributed by atoms with Gasteiger partial charge in [0.05, 0.1) is 25.3 Å². The summed E-state index contributed by atoms with van der Waals surface area (Å²) >= 11 is 0. The largest absolute Gasteiger partial charge is 0.492 e. The van der Waals surface area contributed by atoms with Crippen LogP contribution in [-0.4, -0.2) is 55.5 Å². The average molecular weight is 377 g/mol. The van der Waals surface area contributed by atoms with Crippen molar-refractivity contribution in [2.45, 2.75) is 6.67 Å². The van der Waals surface area contributed by atoms with E-state index in [1.54, 1.807) is 16.8 Å². The number of nitrogens with zero attached hydrogens (tertiary/aromatic N) is 5. The van der Waals surface area contributed by atoms with Crippen LogP contribution in [0.5, 0.6) is 5.88 Å². The highest BCUT2D eigenvalue weighted by Gasteiger charge is 2.20. The molecule has 0 aliphatic carbocycles. The second kappa shape index (κ2) is 6.74. The van der Waals surface area contributed by atoms with Gasteiger partial charge in [-0.3, -0.25) is 14.1 Å². The Bertz CT molecular complexity index is 1210. The van der Waals surface area contributed by atoms with Crippen LogP contribution in [0.2, 0.25) is 0 Å². The van der Waals surface area contributed by atoms with E-state index in [2.05, 4.69) is 15.0 Å². The number of ether oxygens (including phenoxy) is 1. The molecule has 1 aliphatic rings. The van der Waals surface area contributed by atoms with Gasteiger partial charge in [0, 0.05) is 31.0 Å². The molecule has 28 heavy (non-hydrogen) atoms. The highest BCUT2D eigenvalue weighted by molar-refractivity contribution is 5.99. The van der Waals surface area contributed by atoms with E-state index in [0.29, 0.717) is 36.4 Å². The summed E-state index contributed by atoms with van der Waals surface area (Å²) in [6.45, 7) is 2.99. The summed E-state index contributed by atoms with van der Waals surface area (Å²) in [6, 6.07) is 11.5. The maximum atomic E-state index is 13.3. The van der Waals surface area contributed by atoms with Crippen molar-refractivity contribution in [2.24, 2.45) is 0 Å². The van der Waals surface area contributed by atoms with Gasteiger partial charge < -0.3 is 9.84 Å². The Morgan fingerprint density at radius 1 is 1.14 bits per heavy atom. The molecule has 0 saturated carbocycles. The highest BCUT2D eigenvalue weighted by atomic mass is 16.5. The Morgan fingerprint density at radius 3 is 2.71 bits per heavy atom. The smallest absolute Gasteiger partial charge is 0.293 e. The van der Waals surface area contributed by atoms with Crippen LogP contribution in [0.3, 0.4) is 0 Å². The van der Waals surface area contributed by atoms with E-state index in [0.717, 1.165) is 24.2 Å². The minimum atomic E-state index is -0.264. The molecule has 5 rings (SSSR count). The third-order valence-corrected chi connectivity index (χ3v) is 5.09. The van der Waals surface area contributed by atoms with E-state index >= 15 is 0 Å². The van der Waals surface area contributed by atoms with Gasteiger partial charge in [-0.2, -0.15) is 0 Å². The van der Waals surface area contributed by atoms with Crippen LogP contribution in [0.4, 0.5) is 0 Å². The zero-order chi connectivity index (χ0) is 19.1. The van der Waals surface area contributed by atoms with Gasteiger partial charge in [-0.15, -0.1) is 5.10 Å². The zero-order valence-electron chi connectivity index (χ0n) is 15.2. The minimum absolute atomic E-state index is 0.169. The summed E-state index contributed by atoms with van der Waals surface area (Å²) in [4.78, 5) is 19.8. The molecular formula is C20H19N5O3. The van der Waals surface area contributed by atoms with Gasteiger partial charge in [-0.25, -0.2) is 9.67 Å². The van der Waals surface area contributed by atoms with E-state index in [9.17, 15) is 9.90 Å². The molecule has 3 aromatic heterocycles. The van der Waals surface area contributed by atoms with Crippen molar-refractivity contribution >= 4 is 16.6 Å². The number of hydrogen-bond donors (Lipinski definition) is 1. The fourth-order valence-electron chi connectivity index (χ4n) is 3.70. The molecule has 8 heteroatoms. The monoisotopic (exact) mass is 377 g/mol. The number of hydrogen-bond acceptors (Lipinski definition) is 6. The molecule has 0 unspecified atom stereocenters. The van der Waals surface area contributed by atoms with Crippen LogP contribution in [0.1, 0.15) is 0 Å². The molecule has 1 fully saturated rings. The van der Waals surface area contributed by atoms with Crippen LogP contribution in [0.25, 0.3) is 27.7 Å². The lowest BCUT2D eigenvalue weighted by Gasteiger charge is -2.26. The molecule has 1 N–H and O–H groups in total.